The predicted octanol–water partition coefficient (Wildman–Crippen LogP) is 2.01. The number of nitrogens with zero attached hydrogens (tertiary/aromatic N) is 1. The first-order chi connectivity index (χ1) is 10.0. The summed E-state index contributed by atoms with van der Waals surface area (Å²) in [6.07, 6.45) is 0. The molecular weight excluding hydrogens is 266 g/mol. The molecule has 2 aromatic rings. The predicted molar refractivity (Wildman–Crippen MR) is 84.5 cm³/mol. The van der Waals surface area contributed by atoms with E-state index in [1.165, 1.54) is 0 Å². The van der Waals surface area contributed by atoms with Crippen LogP contribution in [0.25, 0.3) is 0 Å². The number of methoxy groups -OCH3 is 1. The maximum absolute atomic E-state index is 11.1. The summed E-state index contributed by atoms with van der Waals surface area (Å²) >= 11 is 0. The Kier molecular flexibility index (Phi) is 4.33. The molecule has 0 aliphatic carbocycles. The first-order valence-electron chi connectivity index (χ1n) is 6.54. The highest BCUT2D eigenvalue weighted by atomic mass is 16.5. The van der Waals surface area contributed by atoms with Crippen LogP contribution < -0.4 is 21.1 Å². The molecule has 4 N–H and O–H groups in total. The largest absolute Gasteiger partial charge is 0.497 e. The number of hydrogen-bond acceptors (Lipinski definition) is 4. The first-order valence-corrected chi connectivity index (χ1v) is 6.54. The van der Waals surface area contributed by atoms with Crippen molar-refractivity contribution in [3.8, 4) is 5.75 Å². The molecular formula is C16H19N3O2. The standard InChI is InChI=1S/C16H19N3O2/c1-19(13-4-3-5-14(9-13)21-2)10-12-7-6-11(16(18)20)8-15(12)17/h3-9H,10,17H2,1-2H3,(H2,18,20). The number of rotatable bonds is 5. The number of ether oxygens (including phenoxy) is 1. The molecule has 0 aliphatic rings. The molecule has 0 heterocycles. The monoisotopic (exact) mass is 285 g/mol. The number of benzene rings is 2. The topological polar surface area (TPSA) is 81.6 Å². The molecule has 0 aromatic heterocycles. The highest BCUT2D eigenvalue weighted by Crippen LogP contribution is 2.23. The average Bonchev–Trinajstić information content (AvgIpc) is 2.49. The molecule has 0 saturated heterocycles. The molecule has 0 bridgehead atoms. The van der Waals surface area contributed by atoms with Crippen LogP contribution in [0, 0.1) is 0 Å². The van der Waals surface area contributed by atoms with Crippen LogP contribution in [0.1, 0.15) is 15.9 Å². The van der Waals surface area contributed by atoms with Gasteiger partial charge in [0.1, 0.15) is 5.75 Å². The van der Waals surface area contributed by atoms with E-state index in [9.17, 15) is 4.79 Å². The van der Waals surface area contributed by atoms with Gasteiger partial charge in [0.25, 0.3) is 0 Å². The number of primary amides is 1. The molecule has 0 aliphatic heterocycles. The van der Waals surface area contributed by atoms with Crippen molar-refractivity contribution in [2.24, 2.45) is 5.73 Å². The van der Waals surface area contributed by atoms with E-state index < -0.39 is 5.91 Å². The summed E-state index contributed by atoms with van der Waals surface area (Å²) in [5, 5.41) is 0. The van der Waals surface area contributed by atoms with Crippen molar-refractivity contribution in [3.05, 3.63) is 53.6 Å². The molecule has 2 rings (SSSR count). The molecule has 0 atom stereocenters. The van der Waals surface area contributed by atoms with E-state index in [2.05, 4.69) is 4.90 Å². The third kappa shape index (κ3) is 3.45. The molecule has 0 fully saturated rings. The Bertz CT molecular complexity index is 656. The van der Waals surface area contributed by atoms with Gasteiger partial charge in [0.05, 0.1) is 7.11 Å². The second-order valence-electron chi connectivity index (χ2n) is 4.84. The molecule has 0 saturated carbocycles. The van der Waals surface area contributed by atoms with Gasteiger partial charge in [0.2, 0.25) is 5.91 Å². The lowest BCUT2D eigenvalue weighted by Crippen LogP contribution is -2.18. The molecule has 0 unspecified atom stereocenters. The van der Waals surface area contributed by atoms with E-state index in [4.69, 9.17) is 16.2 Å². The van der Waals surface area contributed by atoms with Crippen LogP contribution in [-0.4, -0.2) is 20.1 Å². The van der Waals surface area contributed by atoms with Crippen LogP contribution in [0.15, 0.2) is 42.5 Å². The Morgan fingerprint density at radius 1 is 1.24 bits per heavy atom. The molecule has 110 valence electrons. The molecule has 2 aromatic carbocycles. The van der Waals surface area contributed by atoms with Crippen LogP contribution in [0.4, 0.5) is 11.4 Å². The average molecular weight is 285 g/mol. The summed E-state index contributed by atoms with van der Waals surface area (Å²) in [7, 11) is 3.61. The Labute approximate surface area is 124 Å². The molecule has 0 spiro atoms. The second kappa shape index (κ2) is 6.17. The van der Waals surface area contributed by atoms with Crippen molar-refractivity contribution in [1.29, 1.82) is 0 Å². The van der Waals surface area contributed by atoms with Gasteiger partial charge >= 0.3 is 0 Å². The van der Waals surface area contributed by atoms with Crippen molar-refractivity contribution in [2.75, 3.05) is 24.8 Å². The lowest BCUT2D eigenvalue weighted by molar-refractivity contribution is 0.100. The van der Waals surface area contributed by atoms with Crippen molar-refractivity contribution in [1.82, 2.24) is 0 Å². The van der Waals surface area contributed by atoms with Crippen LogP contribution >= 0.6 is 0 Å². The van der Waals surface area contributed by atoms with Crippen molar-refractivity contribution >= 4 is 17.3 Å². The minimum atomic E-state index is -0.477. The number of amides is 1. The van der Waals surface area contributed by atoms with E-state index in [0.717, 1.165) is 17.0 Å². The number of anilines is 2. The molecule has 1 amide bonds. The molecule has 21 heavy (non-hydrogen) atoms. The Morgan fingerprint density at radius 2 is 2.00 bits per heavy atom. The SMILES string of the molecule is COc1cccc(N(C)Cc2ccc(C(N)=O)cc2N)c1. The fourth-order valence-corrected chi connectivity index (χ4v) is 2.09. The van der Waals surface area contributed by atoms with Gasteiger partial charge in [-0.2, -0.15) is 0 Å². The van der Waals surface area contributed by atoms with Crippen molar-refractivity contribution in [2.45, 2.75) is 6.54 Å². The lowest BCUT2D eigenvalue weighted by atomic mass is 10.1. The minimum absolute atomic E-state index is 0.417. The van der Waals surface area contributed by atoms with E-state index >= 15 is 0 Å². The minimum Gasteiger partial charge on any atom is -0.497 e. The first kappa shape index (κ1) is 14.7. The summed E-state index contributed by atoms with van der Waals surface area (Å²) in [6, 6.07) is 12.9. The lowest BCUT2D eigenvalue weighted by Gasteiger charge is -2.21. The van der Waals surface area contributed by atoms with Gasteiger partial charge < -0.3 is 21.1 Å². The van der Waals surface area contributed by atoms with Gasteiger partial charge in [-0.05, 0) is 29.8 Å². The normalized spacial score (nSPS) is 10.2. The van der Waals surface area contributed by atoms with Gasteiger partial charge in [-0.3, -0.25) is 4.79 Å². The van der Waals surface area contributed by atoms with Gasteiger partial charge in [-0.1, -0.05) is 12.1 Å². The maximum Gasteiger partial charge on any atom is 0.248 e. The zero-order valence-electron chi connectivity index (χ0n) is 12.2. The molecule has 0 radical (unpaired) electrons. The maximum atomic E-state index is 11.1. The van der Waals surface area contributed by atoms with Gasteiger partial charge in [0, 0.05) is 36.6 Å². The number of hydrogen-bond donors (Lipinski definition) is 2. The third-order valence-electron chi connectivity index (χ3n) is 3.33. The number of carbonyl (C=O) groups excluding carboxylic acids is 1. The summed E-state index contributed by atoms with van der Waals surface area (Å²) in [5.41, 5.74) is 14.2. The Balaban J connectivity index is 2.19. The van der Waals surface area contributed by atoms with Crippen molar-refractivity contribution in [3.63, 3.8) is 0 Å². The summed E-state index contributed by atoms with van der Waals surface area (Å²) in [5.74, 6) is 0.325. The van der Waals surface area contributed by atoms with E-state index in [1.54, 1.807) is 19.2 Å². The van der Waals surface area contributed by atoms with Crippen molar-refractivity contribution < 1.29 is 9.53 Å². The van der Waals surface area contributed by atoms with Gasteiger partial charge in [-0.25, -0.2) is 0 Å². The zero-order chi connectivity index (χ0) is 15.4. The molecule has 5 heteroatoms. The van der Waals surface area contributed by atoms with Crippen LogP contribution in [0.2, 0.25) is 0 Å². The van der Waals surface area contributed by atoms with Gasteiger partial charge in [0.15, 0.2) is 0 Å². The Morgan fingerprint density at radius 3 is 2.62 bits per heavy atom. The highest BCUT2D eigenvalue weighted by Gasteiger charge is 2.08. The van der Waals surface area contributed by atoms with E-state index in [1.807, 2.05) is 37.4 Å². The highest BCUT2D eigenvalue weighted by molar-refractivity contribution is 5.93. The van der Waals surface area contributed by atoms with Gasteiger partial charge in [-0.15, -0.1) is 0 Å². The fourth-order valence-electron chi connectivity index (χ4n) is 2.09. The second-order valence-corrected chi connectivity index (χ2v) is 4.84. The summed E-state index contributed by atoms with van der Waals surface area (Å²) < 4.78 is 5.22. The third-order valence-corrected chi connectivity index (χ3v) is 3.33. The van der Waals surface area contributed by atoms with Crippen LogP contribution in [0.5, 0.6) is 5.75 Å². The fraction of sp³-hybridized carbons (Fsp3) is 0.188. The zero-order valence-corrected chi connectivity index (χ0v) is 12.2. The smallest absolute Gasteiger partial charge is 0.248 e. The summed E-state index contributed by atoms with van der Waals surface area (Å²) in [4.78, 5) is 13.2. The summed E-state index contributed by atoms with van der Waals surface area (Å²) in [6.45, 7) is 0.623. The van der Waals surface area contributed by atoms with E-state index in [0.29, 0.717) is 17.8 Å². The number of carbonyl (C=O) groups is 1. The van der Waals surface area contributed by atoms with Crippen LogP contribution in [-0.2, 0) is 6.54 Å². The quantitative estimate of drug-likeness (QED) is 0.823. The van der Waals surface area contributed by atoms with Crippen LogP contribution in [0.3, 0.4) is 0 Å². The molecule has 5 nitrogen and oxygen atoms in total. The Hall–Kier alpha value is -2.69. The number of nitrogens with two attached hydrogens (primary N) is 2. The van der Waals surface area contributed by atoms with E-state index in [-0.39, 0.29) is 0 Å². The number of nitrogen functional groups attached to an aromatic ring is 1.